The summed E-state index contributed by atoms with van der Waals surface area (Å²) in [5, 5.41) is 14.2. The molecule has 8 nitrogen and oxygen atoms in total. The van der Waals surface area contributed by atoms with Gasteiger partial charge in [-0.15, -0.1) is 0 Å². The lowest BCUT2D eigenvalue weighted by atomic mass is 9.92. The maximum absolute atomic E-state index is 14.5. The van der Waals surface area contributed by atoms with Crippen molar-refractivity contribution in [3.8, 4) is 28.3 Å². The Balaban J connectivity index is 1.06. The molecule has 10 heteroatoms. The molecule has 0 unspecified atom stereocenters. The number of H-pyrrole nitrogens is 2. The van der Waals surface area contributed by atoms with Gasteiger partial charge >= 0.3 is 0 Å². The fourth-order valence-corrected chi connectivity index (χ4v) is 5.08. The number of benzene rings is 1. The summed E-state index contributed by atoms with van der Waals surface area (Å²) in [6, 6.07) is 6.13. The van der Waals surface area contributed by atoms with Crippen molar-refractivity contribution in [2.24, 2.45) is 11.8 Å². The molecule has 1 fully saturated rings. The van der Waals surface area contributed by atoms with Crippen LogP contribution in [0.3, 0.4) is 0 Å². The van der Waals surface area contributed by atoms with Gasteiger partial charge in [-0.05, 0) is 63.0 Å². The highest BCUT2D eigenvalue weighted by Gasteiger charge is 2.21. The van der Waals surface area contributed by atoms with Gasteiger partial charge in [0.15, 0.2) is 0 Å². The highest BCUT2D eigenvalue weighted by Crippen LogP contribution is 2.30. The second-order valence-corrected chi connectivity index (χ2v) is 10.8. The number of anilines is 1. The first-order chi connectivity index (χ1) is 18.9. The molecule has 5 rings (SSSR count). The lowest BCUT2D eigenvalue weighted by Gasteiger charge is -2.32. The molecule has 1 saturated heterocycles. The van der Waals surface area contributed by atoms with Crippen LogP contribution in [0.4, 0.5) is 14.7 Å². The number of halogens is 2. The van der Waals surface area contributed by atoms with Crippen LogP contribution in [0.25, 0.3) is 22.5 Å². The molecule has 0 bridgehead atoms. The lowest BCUT2D eigenvalue weighted by molar-refractivity contribution is 0.277. The summed E-state index contributed by atoms with van der Waals surface area (Å²) in [7, 11) is 0. The first-order valence-electron chi connectivity index (χ1n) is 13.6. The molecule has 0 amide bonds. The largest absolute Gasteiger partial charge is 0.493 e. The Morgan fingerprint density at radius 3 is 2.31 bits per heavy atom. The first-order valence-corrected chi connectivity index (χ1v) is 13.6. The summed E-state index contributed by atoms with van der Waals surface area (Å²) in [6.07, 6.45) is 8.56. The smallest absolute Gasteiger partial charge is 0.225 e. The van der Waals surface area contributed by atoms with Gasteiger partial charge in [0.1, 0.15) is 17.4 Å². The van der Waals surface area contributed by atoms with Gasteiger partial charge in [0.05, 0.1) is 23.6 Å². The maximum atomic E-state index is 14.5. The van der Waals surface area contributed by atoms with Gasteiger partial charge in [0.25, 0.3) is 0 Å². The van der Waals surface area contributed by atoms with E-state index in [1.165, 1.54) is 12.1 Å². The van der Waals surface area contributed by atoms with Gasteiger partial charge < -0.3 is 9.64 Å². The quantitative estimate of drug-likeness (QED) is 0.238. The molecule has 3 aromatic heterocycles. The number of aromatic amines is 2. The molecule has 1 aliphatic rings. The van der Waals surface area contributed by atoms with E-state index < -0.39 is 11.6 Å². The molecule has 0 aliphatic carbocycles. The zero-order valence-electron chi connectivity index (χ0n) is 22.7. The Morgan fingerprint density at radius 1 is 0.974 bits per heavy atom. The van der Waals surface area contributed by atoms with Crippen LogP contribution in [0.1, 0.15) is 50.9 Å². The van der Waals surface area contributed by atoms with Gasteiger partial charge in [-0.2, -0.15) is 10.2 Å². The number of hydrogen-bond acceptors (Lipinski definition) is 6. The number of rotatable bonds is 10. The van der Waals surface area contributed by atoms with Crippen LogP contribution in [-0.2, 0) is 6.42 Å². The second-order valence-electron chi connectivity index (χ2n) is 10.8. The minimum Gasteiger partial charge on any atom is -0.493 e. The molecule has 0 saturated carbocycles. The Labute approximate surface area is 227 Å². The van der Waals surface area contributed by atoms with Crippen molar-refractivity contribution in [3.63, 3.8) is 0 Å². The van der Waals surface area contributed by atoms with E-state index in [0.717, 1.165) is 73.8 Å². The molecular weight excluding hydrogens is 500 g/mol. The second kappa shape index (κ2) is 11.9. The van der Waals surface area contributed by atoms with E-state index in [1.54, 1.807) is 13.0 Å². The molecule has 4 heterocycles. The van der Waals surface area contributed by atoms with Crippen LogP contribution in [-0.4, -0.2) is 50.1 Å². The molecule has 1 aliphatic heterocycles. The summed E-state index contributed by atoms with van der Waals surface area (Å²) in [5.74, 6) is 0.722. The minimum atomic E-state index is -0.681. The van der Waals surface area contributed by atoms with E-state index in [0.29, 0.717) is 18.4 Å². The molecule has 206 valence electrons. The predicted octanol–water partition coefficient (Wildman–Crippen LogP) is 6.12. The highest BCUT2D eigenvalue weighted by molar-refractivity contribution is 5.62. The van der Waals surface area contributed by atoms with Crippen molar-refractivity contribution >= 4 is 5.95 Å². The normalized spacial score (nSPS) is 14.4. The third-order valence-electron chi connectivity index (χ3n) is 7.09. The third kappa shape index (κ3) is 6.61. The van der Waals surface area contributed by atoms with Crippen LogP contribution in [0, 0.1) is 30.4 Å². The van der Waals surface area contributed by atoms with Crippen molar-refractivity contribution in [1.82, 2.24) is 30.4 Å². The number of hydrogen-bond donors (Lipinski definition) is 2. The molecule has 0 radical (unpaired) electrons. The predicted molar refractivity (Wildman–Crippen MR) is 146 cm³/mol. The van der Waals surface area contributed by atoms with Gasteiger partial charge in [-0.1, -0.05) is 13.8 Å². The van der Waals surface area contributed by atoms with Crippen LogP contribution in [0.5, 0.6) is 5.75 Å². The van der Waals surface area contributed by atoms with E-state index >= 15 is 0 Å². The molecule has 39 heavy (non-hydrogen) atoms. The number of piperidine rings is 1. The topological polar surface area (TPSA) is 95.6 Å². The van der Waals surface area contributed by atoms with Gasteiger partial charge in [0, 0.05) is 54.6 Å². The van der Waals surface area contributed by atoms with E-state index in [1.807, 2.05) is 12.4 Å². The summed E-state index contributed by atoms with van der Waals surface area (Å²) in [4.78, 5) is 11.4. The van der Waals surface area contributed by atoms with E-state index in [-0.39, 0.29) is 17.0 Å². The van der Waals surface area contributed by atoms with Crippen molar-refractivity contribution in [1.29, 1.82) is 0 Å². The molecular formula is C29H35F2N7O. The van der Waals surface area contributed by atoms with E-state index in [2.05, 4.69) is 55.2 Å². The number of aromatic nitrogens is 6. The Morgan fingerprint density at radius 2 is 1.67 bits per heavy atom. The molecule has 0 atom stereocenters. The Kier molecular flexibility index (Phi) is 8.18. The van der Waals surface area contributed by atoms with Crippen LogP contribution in [0.2, 0.25) is 0 Å². The number of nitrogens with zero attached hydrogens (tertiary/aromatic N) is 5. The zero-order valence-corrected chi connectivity index (χ0v) is 22.7. The zero-order chi connectivity index (χ0) is 27.4. The van der Waals surface area contributed by atoms with Crippen molar-refractivity contribution in [2.45, 2.75) is 52.9 Å². The maximum Gasteiger partial charge on any atom is 0.225 e. The SMILES string of the molecule is Cc1cc(-c2c(F)cc(OCCCC3CCN(c4ncc(-c5cc(CC(C)C)[nH]n5)cn4)CC3)cc2F)n[nH]1. The monoisotopic (exact) mass is 535 g/mol. The Bertz CT molecular complexity index is 1350. The third-order valence-corrected chi connectivity index (χ3v) is 7.09. The summed E-state index contributed by atoms with van der Waals surface area (Å²) < 4.78 is 34.7. The first kappa shape index (κ1) is 26.8. The average Bonchev–Trinajstić information content (AvgIpc) is 3.55. The molecule has 1 aromatic carbocycles. The summed E-state index contributed by atoms with van der Waals surface area (Å²) in [6.45, 7) is 8.36. The molecule has 2 N–H and O–H groups in total. The van der Waals surface area contributed by atoms with Gasteiger partial charge in [-0.3, -0.25) is 10.2 Å². The summed E-state index contributed by atoms with van der Waals surface area (Å²) >= 11 is 0. The van der Waals surface area contributed by atoms with Gasteiger partial charge in [-0.25, -0.2) is 18.7 Å². The summed E-state index contributed by atoms with van der Waals surface area (Å²) in [5.41, 5.74) is 3.73. The lowest BCUT2D eigenvalue weighted by Crippen LogP contribution is -2.34. The van der Waals surface area contributed by atoms with Gasteiger partial charge in [0.2, 0.25) is 5.95 Å². The highest BCUT2D eigenvalue weighted by atomic mass is 19.1. The van der Waals surface area contributed by atoms with Crippen LogP contribution in [0.15, 0.2) is 36.7 Å². The number of nitrogens with one attached hydrogen (secondary N) is 2. The van der Waals surface area contributed by atoms with Crippen LogP contribution >= 0.6 is 0 Å². The van der Waals surface area contributed by atoms with Crippen molar-refractivity contribution < 1.29 is 13.5 Å². The minimum absolute atomic E-state index is 0.144. The Hall–Kier alpha value is -3.82. The number of ether oxygens (including phenoxy) is 1. The van der Waals surface area contributed by atoms with Crippen LogP contribution < -0.4 is 9.64 Å². The fourth-order valence-electron chi connectivity index (χ4n) is 5.08. The fraction of sp³-hybridized carbons (Fsp3) is 0.448. The molecule has 0 spiro atoms. The standard InChI is InChI=1S/C29H35F2N7O/c1-18(2)11-22-13-26(36-35-22)21-16-32-29(33-17-21)38-8-6-20(7-9-38)5-4-10-39-23-14-24(30)28(25(31)15-23)27-12-19(3)34-37-27/h12-18,20H,4-11H2,1-3H3,(H,34,37)(H,35,36). The van der Waals surface area contributed by atoms with Crippen molar-refractivity contribution in [2.75, 3.05) is 24.6 Å². The van der Waals surface area contributed by atoms with E-state index in [4.69, 9.17) is 4.74 Å². The number of aryl methyl sites for hydroxylation is 1. The average molecular weight is 536 g/mol. The molecule has 4 aromatic rings. The van der Waals surface area contributed by atoms with Crippen molar-refractivity contribution in [3.05, 3.63) is 59.7 Å². The van der Waals surface area contributed by atoms with E-state index in [9.17, 15) is 8.78 Å².